The maximum atomic E-state index is 11.7. The lowest BCUT2D eigenvalue weighted by Gasteiger charge is -2.38. The van der Waals surface area contributed by atoms with Gasteiger partial charge in [-0.25, -0.2) is 0 Å². The van der Waals surface area contributed by atoms with E-state index in [4.69, 9.17) is 0 Å². The van der Waals surface area contributed by atoms with Gasteiger partial charge in [-0.05, 0) is 49.9 Å². The summed E-state index contributed by atoms with van der Waals surface area (Å²) in [5.41, 5.74) is 0. The number of carbonyl (C=O) groups is 1. The number of hydrogen-bond donors (Lipinski definition) is 3. The van der Waals surface area contributed by atoms with Crippen LogP contribution in [-0.2, 0) is 4.79 Å². The van der Waals surface area contributed by atoms with Gasteiger partial charge in [0.15, 0.2) is 0 Å². The minimum atomic E-state index is -0.712. The van der Waals surface area contributed by atoms with Gasteiger partial charge >= 0.3 is 5.97 Å². The van der Waals surface area contributed by atoms with Crippen molar-refractivity contribution in [1.29, 1.82) is 0 Å². The van der Waals surface area contributed by atoms with Crippen molar-refractivity contribution in [1.82, 2.24) is 4.90 Å². The first-order chi connectivity index (χ1) is 13.5. The van der Waals surface area contributed by atoms with Gasteiger partial charge in [0, 0.05) is 18.0 Å². The number of nitrogens with zero attached hydrogens (tertiary/aromatic N) is 1. The number of piperidine rings is 1. The van der Waals surface area contributed by atoms with Gasteiger partial charge < -0.3 is 15.3 Å². The molecule has 5 nitrogen and oxygen atoms in total. The average molecular weight is 392 g/mol. The smallest absolute Gasteiger partial charge is 0.320 e. The fraction of sp³-hybridized carbons (Fsp3) is 0.870. The van der Waals surface area contributed by atoms with Crippen molar-refractivity contribution >= 4 is 5.97 Å². The molecule has 3 N–H and O–H groups in total. The molecule has 2 heterocycles. The van der Waals surface area contributed by atoms with Crippen LogP contribution in [0.5, 0.6) is 0 Å². The predicted octanol–water partition coefficient (Wildman–Crippen LogP) is 3.20. The van der Waals surface area contributed by atoms with E-state index in [1.807, 2.05) is 6.08 Å². The zero-order valence-corrected chi connectivity index (χ0v) is 17.1. The Morgan fingerprint density at radius 2 is 1.82 bits per heavy atom. The van der Waals surface area contributed by atoms with Gasteiger partial charge in [0.2, 0.25) is 0 Å². The topological polar surface area (TPSA) is 81.0 Å². The van der Waals surface area contributed by atoms with Crippen LogP contribution >= 0.6 is 0 Å². The molecule has 4 rings (SSSR count). The third-order valence-electron chi connectivity index (χ3n) is 8.39. The summed E-state index contributed by atoms with van der Waals surface area (Å²) in [5.74, 6) is 0.505. The zero-order chi connectivity index (χ0) is 19.8. The Kier molecular flexibility index (Phi) is 6.15. The SMILES string of the molecule is CC(C1CCCCC1)[C@@H](O)/C=C/[C@@H]1[C@H]2CC3CCCC(C(=O)O)N3[C@@H]2C[C@H]1O. The molecule has 2 saturated heterocycles. The highest BCUT2D eigenvalue weighted by Crippen LogP contribution is 2.49. The van der Waals surface area contributed by atoms with Crippen molar-refractivity contribution in [3.8, 4) is 0 Å². The summed E-state index contributed by atoms with van der Waals surface area (Å²) in [6, 6.07) is 0.129. The van der Waals surface area contributed by atoms with Gasteiger partial charge in [0.1, 0.15) is 6.04 Å². The normalized spacial score (nSPS) is 41.7. The molecule has 2 saturated carbocycles. The van der Waals surface area contributed by atoms with Crippen LogP contribution in [0, 0.1) is 23.7 Å². The third kappa shape index (κ3) is 3.78. The Labute approximate surface area is 168 Å². The molecule has 158 valence electrons. The van der Waals surface area contributed by atoms with Gasteiger partial charge in [-0.15, -0.1) is 0 Å². The maximum absolute atomic E-state index is 11.7. The molecule has 4 aliphatic rings. The molecule has 5 heteroatoms. The number of carboxylic acid groups (broad SMARTS) is 1. The van der Waals surface area contributed by atoms with Crippen LogP contribution in [0.4, 0.5) is 0 Å². The highest BCUT2D eigenvalue weighted by atomic mass is 16.4. The molecule has 0 radical (unpaired) electrons. The summed E-state index contributed by atoms with van der Waals surface area (Å²) >= 11 is 0. The maximum Gasteiger partial charge on any atom is 0.320 e. The molecule has 2 aliphatic carbocycles. The Hall–Kier alpha value is -0.910. The van der Waals surface area contributed by atoms with E-state index in [0.717, 1.165) is 25.7 Å². The second kappa shape index (κ2) is 8.45. The van der Waals surface area contributed by atoms with Gasteiger partial charge in [-0.2, -0.15) is 0 Å². The van der Waals surface area contributed by atoms with Gasteiger partial charge in [0.25, 0.3) is 0 Å². The standard InChI is InChI=1S/C23H37NO4/c1-14(15-6-3-2-4-7-15)21(25)11-10-17-18-12-16-8-5-9-19(23(27)28)24(16)20(18)13-22(17)26/h10-11,14-22,25-26H,2-9,12-13H2,1H3,(H,27,28)/b11-10+/t14?,16?,17-,18-,19?,20-,21+,22-/m1/s1. The molecule has 0 bridgehead atoms. The summed E-state index contributed by atoms with van der Waals surface area (Å²) < 4.78 is 0. The Balaban J connectivity index is 1.43. The van der Waals surface area contributed by atoms with E-state index in [-0.39, 0.29) is 23.9 Å². The third-order valence-corrected chi connectivity index (χ3v) is 8.39. The molecule has 8 atom stereocenters. The Morgan fingerprint density at radius 1 is 1.07 bits per heavy atom. The number of aliphatic hydroxyl groups excluding tert-OH is 2. The number of hydrogen-bond acceptors (Lipinski definition) is 4. The van der Waals surface area contributed by atoms with E-state index in [1.165, 1.54) is 32.1 Å². The van der Waals surface area contributed by atoms with Crippen LogP contribution in [0.3, 0.4) is 0 Å². The van der Waals surface area contributed by atoms with Crippen molar-refractivity contribution in [3.63, 3.8) is 0 Å². The van der Waals surface area contributed by atoms with Crippen molar-refractivity contribution in [3.05, 3.63) is 12.2 Å². The first-order valence-electron chi connectivity index (χ1n) is 11.5. The first-order valence-corrected chi connectivity index (χ1v) is 11.5. The first kappa shape index (κ1) is 20.4. The highest BCUT2D eigenvalue weighted by Gasteiger charge is 2.55. The Morgan fingerprint density at radius 3 is 2.54 bits per heavy atom. The van der Waals surface area contributed by atoms with E-state index in [0.29, 0.717) is 24.3 Å². The lowest BCUT2D eigenvalue weighted by Crippen LogP contribution is -2.51. The molecule has 2 aliphatic heterocycles. The molecule has 0 aromatic heterocycles. The van der Waals surface area contributed by atoms with E-state index in [1.54, 1.807) is 0 Å². The highest BCUT2D eigenvalue weighted by molar-refractivity contribution is 5.73. The number of aliphatic carboxylic acids is 1. The number of fused-ring (bicyclic) bond motifs is 3. The van der Waals surface area contributed by atoms with Crippen LogP contribution in [0.1, 0.15) is 71.1 Å². The average Bonchev–Trinajstić information content (AvgIpc) is 3.20. The van der Waals surface area contributed by atoms with Crippen molar-refractivity contribution in [2.24, 2.45) is 23.7 Å². The second-order valence-electron chi connectivity index (χ2n) is 9.87. The molecular weight excluding hydrogens is 354 g/mol. The summed E-state index contributed by atoms with van der Waals surface area (Å²) in [6.07, 6.45) is 13.8. The lowest BCUT2D eigenvalue weighted by atomic mass is 9.78. The van der Waals surface area contributed by atoms with Crippen LogP contribution in [0.25, 0.3) is 0 Å². The lowest BCUT2D eigenvalue weighted by molar-refractivity contribution is -0.146. The van der Waals surface area contributed by atoms with Crippen LogP contribution < -0.4 is 0 Å². The fourth-order valence-electron chi connectivity index (χ4n) is 6.81. The van der Waals surface area contributed by atoms with Crippen molar-refractivity contribution in [2.75, 3.05) is 0 Å². The summed E-state index contributed by atoms with van der Waals surface area (Å²) in [7, 11) is 0. The Bertz CT molecular complexity index is 587. The van der Waals surface area contributed by atoms with E-state index < -0.39 is 18.2 Å². The molecule has 4 fully saturated rings. The minimum Gasteiger partial charge on any atom is -0.480 e. The molecule has 0 amide bonds. The van der Waals surface area contributed by atoms with Gasteiger partial charge in [0.05, 0.1) is 12.2 Å². The van der Waals surface area contributed by atoms with Crippen LogP contribution in [-0.4, -0.2) is 56.5 Å². The minimum absolute atomic E-state index is 0.0400. The summed E-state index contributed by atoms with van der Waals surface area (Å²) in [5, 5.41) is 31.1. The van der Waals surface area contributed by atoms with Crippen LogP contribution in [0.15, 0.2) is 12.2 Å². The fourth-order valence-corrected chi connectivity index (χ4v) is 6.81. The van der Waals surface area contributed by atoms with Crippen molar-refractivity contribution < 1.29 is 20.1 Å². The van der Waals surface area contributed by atoms with Gasteiger partial charge in [-0.3, -0.25) is 9.69 Å². The van der Waals surface area contributed by atoms with Gasteiger partial charge in [-0.1, -0.05) is 51.2 Å². The summed E-state index contributed by atoms with van der Waals surface area (Å²) in [4.78, 5) is 14.0. The molecule has 0 aromatic carbocycles. The predicted molar refractivity (Wildman–Crippen MR) is 108 cm³/mol. The van der Waals surface area contributed by atoms with E-state index >= 15 is 0 Å². The molecular formula is C23H37NO4. The number of rotatable bonds is 5. The molecule has 28 heavy (non-hydrogen) atoms. The summed E-state index contributed by atoms with van der Waals surface area (Å²) in [6.45, 7) is 2.16. The van der Waals surface area contributed by atoms with Crippen molar-refractivity contribution in [2.45, 2.75) is 101 Å². The molecule has 3 unspecified atom stereocenters. The monoisotopic (exact) mass is 391 g/mol. The number of aliphatic hydroxyl groups is 2. The van der Waals surface area contributed by atoms with Crippen LogP contribution in [0.2, 0.25) is 0 Å². The molecule has 0 aromatic rings. The number of carboxylic acids is 1. The quantitative estimate of drug-likeness (QED) is 0.627. The second-order valence-corrected chi connectivity index (χ2v) is 9.87. The zero-order valence-electron chi connectivity index (χ0n) is 17.1. The van der Waals surface area contributed by atoms with E-state index in [9.17, 15) is 20.1 Å². The largest absolute Gasteiger partial charge is 0.480 e. The van der Waals surface area contributed by atoms with E-state index in [2.05, 4.69) is 17.9 Å². The molecule has 0 spiro atoms.